The first kappa shape index (κ1) is 26.3. The summed E-state index contributed by atoms with van der Waals surface area (Å²) in [6, 6.07) is -0.521. The predicted octanol–water partition coefficient (Wildman–Crippen LogP) is 6.42. The topological polar surface area (TPSA) is 79.5 Å². The molecule has 0 radical (unpaired) electrons. The van der Waals surface area contributed by atoms with Crippen molar-refractivity contribution < 1.29 is 23.1 Å². The van der Waals surface area contributed by atoms with Gasteiger partial charge in [0.15, 0.2) is 0 Å². The number of hydrogen-bond donors (Lipinski definition) is 3. The second-order valence-corrected chi connectivity index (χ2v) is 12.3. The number of fused-ring (bicyclic) bond motifs is 2. The van der Waals surface area contributed by atoms with E-state index in [1.54, 1.807) is 0 Å². The maximum Gasteiger partial charge on any atom is 0.341 e. The van der Waals surface area contributed by atoms with Gasteiger partial charge >= 0.3 is 17.9 Å². The summed E-state index contributed by atoms with van der Waals surface area (Å²) < 4.78 is 35.9. The van der Waals surface area contributed by atoms with Crippen LogP contribution in [0.4, 0.5) is 18.6 Å². The number of halogens is 2. The van der Waals surface area contributed by atoms with Crippen molar-refractivity contribution in [2.75, 3.05) is 11.9 Å². The largest absolute Gasteiger partial charge is 0.459 e. The summed E-state index contributed by atoms with van der Waals surface area (Å²) in [6.45, 7) is 6.04. The van der Waals surface area contributed by atoms with Gasteiger partial charge in [-0.2, -0.15) is 8.78 Å². The molecule has 3 heterocycles. The van der Waals surface area contributed by atoms with Crippen LogP contribution in [0.5, 0.6) is 0 Å². The van der Waals surface area contributed by atoms with Crippen LogP contribution >= 0.6 is 22.7 Å². The van der Waals surface area contributed by atoms with Crippen LogP contribution in [0.2, 0.25) is 0 Å². The highest BCUT2D eigenvalue weighted by molar-refractivity contribution is 7.17. The molecule has 0 saturated heterocycles. The molecule has 2 aliphatic carbocycles. The van der Waals surface area contributed by atoms with E-state index >= 15 is 8.78 Å². The van der Waals surface area contributed by atoms with Crippen LogP contribution in [0.3, 0.4) is 0 Å². The number of anilines is 1. The smallest absolute Gasteiger partial charge is 0.341 e. The average molecular weight is 550 g/mol. The minimum atomic E-state index is -3.17. The maximum absolute atomic E-state index is 15.0. The highest BCUT2D eigenvalue weighted by Crippen LogP contribution is 2.44. The van der Waals surface area contributed by atoms with Gasteiger partial charge in [-0.05, 0) is 93.5 Å². The van der Waals surface area contributed by atoms with E-state index in [9.17, 15) is 9.59 Å². The number of nitrogens with one attached hydrogen (secondary N) is 3. The zero-order valence-electron chi connectivity index (χ0n) is 21.1. The van der Waals surface area contributed by atoms with Crippen molar-refractivity contribution >= 4 is 39.7 Å². The molecule has 2 aromatic heterocycles. The summed E-state index contributed by atoms with van der Waals surface area (Å²) in [5.74, 6) is -3.54. The van der Waals surface area contributed by atoms with Crippen LogP contribution in [0.15, 0.2) is 12.2 Å². The van der Waals surface area contributed by atoms with Gasteiger partial charge in [0, 0.05) is 22.8 Å². The third-order valence-electron chi connectivity index (χ3n) is 7.46. The van der Waals surface area contributed by atoms with E-state index in [4.69, 9.17) is 4.74 Å². The fourth-order valence-electron chi connectivity index (χ4n) is 5.44. The Labute approximate surface area is 223 Å². The van der Waals surface area contributed by atoms with Crippen LogP contribution in [0, 0.1) is 0 Å². The van der Waals surface area contributed by atoms with Gasteiger partial charge in [-0.25, -0.2) is 9.59 Å². The average Bonchev–Trinajstić information content (AvgIpc) is 3.59. The number of hydrogen-bond acceptors (Lipinski definition) is 6. The molecule has 0 unspecified atom stereocenters. The SMILES string of the molecule is C=C(C)C(F)(F)c1sc2c(c1CNC(=O)Nc1sc3c(c1C(=O)OC1CCCC1)CCCC3)CCNC2. The Kier molecular flexibility index (Phi) is 7.70. The first-order chi connectivity index (χ1) is 17.8. The summed E-state index contributed by atoms with van der Waals surface area (Å²) in [7, 11) is 0. The summed E-state index contributed by atoms with van der Waals surface area (Å²) in [6.07, 6.45) is 8.14. The number of alkyl halides is 2. The number of rotatable bonds is 7. The normalized spacial score (nSPS) is 17.7. The molecule has 1 fully saturated rings. The quantitative estimate of drug-likeness (QED) is 0.275. The van der Waals surface area contributed by atoms with Gasteiger partial charge in [0.1, 0.15) is 11.1 Å². The fourth-order valence-corrected chi connectivity index (χ4v) is 8.10. The molecule has 1 saturated carbocycles. The standard InChI is InChI=1S/C27H33F2N3O3S2/c1-15(2)27(28,29)23-19(17-11-12-30-14-21(17)36-23)13-31-26(34)32-24-22(18-9-5-6-10-20(18)37-24)25(33)35-16-7-3-4-8-16/h16,30H,1,3-14H2,2H3,(H2,31,32,34). The monoisotopic (exact) mass is 549 g/mol. The summed E-state index contributed by atoms with van der Waals surface area (Å²) in [4.78, 5) is 28.1. The minimum Gasteiger partial charge on any atom is -0.459 e. The molecule has 37 heavy (non-hydrogen) atoms. The van der Waals surface area contributed by atoms with E-state index in [0.29, 0.717) is 35.6 Å². The Hall–Kier alpha value is -2.30. The zero-order chi connectivity index (χ0) is 26.2. The van der Waals surface area contributed by atoms with Gasteiger partial charge in [-0.3, -0.25) is 5.32 Å². The van der Waals surface area contributed by atoms with Gasteiger partial charge in [0.2, 0.25) is 0 Å². The molecular formula is C27H33F2N3O3S2. The molecule has 1 aliphatic heterocycles. The maximum atomic E-state index is 15.0. The van der Waals surface area contributed by atoms with Gasteiger partial charge in [0.25, 0.3) is 0 Å². The van der Waals surface area contributed by atoms with E-state index in [1.165, 1.54) is 18.3 Å². The van der Waals surface area contributed by atoms with E-state index in [2.05, 4.69) is 22.5 Å². The zero-order valence-corrected chi connectivity index (χ0v) is 22.7. The summed E-state index contributed by atoms with van der Waals surface area (Å²) >= 11 is 2.51. The van der Waals surface area contributed by atoms with E-state index in [-0.39, 0.29) is 29.1 Å². The molecule has 0 atom stereocenters. The van der Waals surface area contributed by atoms with Crippen LogP contribution in [-0.2, 0) is 43.0 Å². The number of thiophene rings is 2. The number of carbonyl (C=O) groups is 2. The number of amides is 2. The molecule has 3 N–H and O–H groups in total. The number of esters is 1. The summed E-state index contributed by atoms with van der Waals surface area (Å²) in [5, 5.41) is 9.34. The molecular weight excluding hydrogens is 516 g/mol. The number of urea groups is 1. The molecule has 6 nitrogen and oxygen atoms in total. The highest BCUT2D eigenvalue weighted by atomic mass is 32.1. The third-order valence-corrected chi connectivity index (χ3v) is 10.0. The van der Waals surface area contributed by atoms with Gasteiger partial charge in [0.05, 0.1) is 10.4 Å². The fraction of sp³-hybridized carbons (Fsp3) is 0.556. The van der Waals surface area contributed by atoms with Crippen molar-refractivity contribution in [3.05, 3.63) is 49.0 Å². The van der Waals surface area contributed by atoms with Crippen LogP contribution in [0.1, 0.15) is 87.1 Å². The Morgan fingerprint density at radius 2 is 1.84 bits per heavy atom. The van der Waals surface area contributed by atoms with Gasteiger partial charge in [-0.15, -0.1) is 22.7 Å². The van der Waals surface area contributed by atoms with Gasteiger partial charge in [-0.1, -0.05) is 6.58 Å². The molecule has 5 rings (SSSR count). The lowest BCUT2D eigenvalue weighted by Gasteiger charge is -2.19. The molecule has 200 valence electrons. The van der Waals surface area contributed by atoms with Crippen molar-refractivity contribution in [3.8, 4) is 0 Å². The van der Waals surface area contributed by atoms with Crippen LogP contribution in [0.25, 0.3) is 0 Å². The van der Waals surface area contributed by atoms with Crippen LogP contribution < -0.4 is 16.0 Å². The first-order valence-electron chi connectivity index (χ1n) is 13.0. The molecule has 0 bridgehead atoms. The first-order valence-corrected chi connectivity index (χ1v) is 14.7. The van der Waals surface area contributed by atoms with E-state index in [0.717, 1.165) is 83.6 Å². The molecule has 2 amide bonds. The number of aryl methyl sites for hydroxylation is 1. The number of ether oxygens (including phenoxy) is 1. The second-order valence-electron chi connectivity index (χ2n) is 10.1. The molecule has 0 aromatic carbocycles. The molecule has 2 aromatic rings. The van der Waals surface area contributed by atoms with Crippen LogP contribution in [-0.4, -0.2) is 24.6 Å². The second kappa shape index (κ2) is 10.8. The van der Waals surface area contributed by atoms with Crippen molar-refractivity contribution in [1.29, 1.82) is 0 Å². The van der Waals surface area contributed by atoms with Crippen molar-refractivity contribution in [1.82, 2.24) is 10.6 Å². The van der Waals surface area contributed by atoms with Crippen molar-refractivity contribution in [2.45, 2.75) is 89.8 Å². The van der Waals surface area contributed by atoms with E-state index < -0.39 is 12.0 Å². The summed E-state index contributed by atoms with van der Waals surface area (Å²) in [5.41, 5.74) is 2.58. The molecule has 0 spiro atoms. The Balaban J connectivity index is 1.35. The Bertz CT molecular complexity index is 1210. The Morgan fingerprint density at radius 1 is 1.08 bits per heavy atom. The van der Waals surface area contributed by atoms with Gasteiger partial charge < -0.3 is 15.4 Å². The lowest BCUT2D eigenvalue weighted by atomic mass is 9.95. The predicted molar refractivity (Wildman–Crippen MR) is 143 cm³/mol. The molecule has 10 heteroatoms. The number of carbonyl (C=O) groups excluding carboxylic acids is 2. The minimum absolute atomic E-state index is 0.0250. The lowest BCUT2D eigenvalue weighted by molar-refractivity contribution is 0.0317. The highest BCUT2D eigenvalue weighted by Gasteiger charge is 2.39. The third kappa shape index (κ3) is 5.33. The van der Waals surface area contributed by atoms with Crippen molar-refractivity contribution in [2.24, 2.45) is 0 Å². The van der Waals surface area contributed by atoms with Crippen molar-refractivity contribution in [3.63, 3.8) is 0 Å². The lowest BCUT2D eigenvalue weighted by Crippen LogP contribution is -2.31. The number of allylic oxidation sites excluding steroid dienone is 1. The van der Waals surface area contributed by atoms with E-state index in [1.807, 2.05) is 0 Å². The molecule has 3 aliphatic rings. The Morgan fingerprint density at radius 3 is 2.59 bits per heavy atom.